The minimum absolute atomic E-state index is 0.694. The number of rotatable bonds is 1. The van der Waals surface area contributed by atoms with Crippen LogP contribution in [0.2, 0.25) is 0 Å². The van der Waals surface area contributed by atoms with E-state index in [1.165, 1.54) is 0 Å². The maximum absolute atomic E-state index is 8.34. The highest BCUT2D eigenvalue weighted by molar-refractivity contribution is 5.92. The van der Waals surface area contributed by atoms with Crippen molar-refractivity contribution in [2.45, 2.75) is 6.42 Å². The average molecular weight is 135 g/mol. The van der Waals surface area contributed by atoms with E-state index < -0.39 is 0 Å². The monoisotopic (exact) mass is 135 g/mol. The second-order valence-electron chi connectivity index (χ2n) is 2.04. The Balaban J connectivity index is 2.72. The Morgan fingerprint density at radius 3 is 2.80 bits per heavy atom. The second kappa shape index (κ2) is 2.99. The van der Waals surface area contributed by atoms with Gasteiger partial charge in [-0.15, -0.1) is 0 Å². The molecule has 0 amide bonds. The molecule has 0 spiro atoms. The highest BCUT2D eigenvalue weighted by Gasteiger charge is 2.05. The third-order valence-electron chi connectivity index (χ3n) is 1.40. The van der Waals surface area contributed by atoms with Gasteiger partial charge in [-0.25, -0.2) is 0 Å². The van der Waals surface area contributed by atoms with Crippen LogP contribution in [0.1, 0.15) is 6.42 Å². The van der Waals surface area contributed by atoms with Crippen molar-refractivity contribution in [2.24, 2.45) is 0 Å². The van der Waals surface area contributed by atoms with Crippen molar-refractivity contribution in [3.8, 4) is 0 Å². The predicted octanol–water partition coefficient (Wildman–Crippen LogP) is 0.720. The number of hydrogen-bond donors (Lipinski definition) is 1. The van der Waals surface area contributed by atoms with E-state index in [9.17, 15) is 0 Å². The SMILES string of the molecule is CNC1=CCC(=[N+]=[N-])C=C1. The van der Waals surface area contributed by atoms with E-state index in [-0.39, 0.29) is 0 Å². The fraction of sp³-hybridized carbons (Fsp3) is 0.286. The zero-order valence-electron chi connectivity index (χ0n) is 5.83. The van der Waals surface area contributed by atoms with E-state index in [0.717, 1.165) is 5.70 Å². The number of allylic oxidation sites excluding steroid dienone is 3. The molecule has 10 heavy (non-hydrogen) atoms. The first-order valence-corrected chi connectivity index (χ1v) is 3.13. The molecule has 52 valence electrons. The van der Waals surface area contributed by atoms with Crippen LogP contribution < -0.4 is 5.32 Å². The molecule has 0 aromatic rings. The molecule has 0 unspecified atom stereocenters. The van der Waals surface area contributed by atoms with Gasteiger partial charge in [0.15, 0.2) is 0 Å². The molecule has 0 aromatic carbocycles. The molecule has 0 saturated heterocycles. The van der Waals surface area contributed by atoms with Gasteiger partial charge in [0.05, 0.1) is 6.42 Å². The van der Waals surface area contributed by atoms with Crippen LogP contribution in [0.5, 0.6) is 0 Å². The predicted molar refractivity (Wildman–Crippen MR) is 39.5 cm³/mol. The quantitative estimate of drug-likeness (QED) is 0.418. The lowest BCUT2D eigenvalue weighted by atomic mass is 10.1. The molecule has 0 heterocycles. The first kappa shape index (κ1) is 6.78. The van der Waals surface area contributed by atoms with Crippen LogP contribution in [-0.4, -0.2) is 17.5 Å². The van der Waals surface area contributed by atoms with Crippen LogP contribution in [0, 0.1) is 0 Å². The highest BCUT2D eigenvalue weighted by atomic mass is 14.9. The van der Waals surface area contributed by atoms with Gasteiger partial charge in [0.2, 0.25) is 0 Å². The van der Waals surface area contributed by atoms with Crippen LogP contribution >= 0.6 is 0 Å². The van der Waals surface area contributed by atoms with Gasteiger partial charge >= 0.3 is 0 Å². The third kappa shape index (κ3) is 1.33. The molecular formula is C7H9N3. The topological polar surface area (TPSA) is 48.4 Å². The van der Waals surface area contributed by atoms with Gasteiger partial charge in [0.1, 0.15) is 0 Å². The fourth-order valence-corrected chi connectivity index (χ4v) is 0.796. The largest absolute Gasteiger partial charge is 0.388 e. The van der Waals surface area contributed by atoms with Gasteiger partial charge in [-0.2, -0.15) is 4.79 Å². The van der Waals surface area contributed by atoms with Crippen molar-refractivity contribution < 1.29 is 4.79 Å². The molecule has 1 N–H and O–H groups in total. The molecule has 1 aliphatic rings. The number of likely N-dealkylation sites (N-methyl/N-ethyl adjacent to an activating group) is 1. The van der Waals surface area contributed by atoms with Gasteiger partial charge in [0, 0.05) is 18.8 Å². The van der Waals surface area contributed by atoms with Crippen molar-refractivity contribution in [3.05, 3.63) is 29.5 Å². The highest BCUT2D eigenvalue weighted by Crippen LogP contribution is 2.02. The molecule has 1 aliphatic carbocycles. The van der Waals surface area contributed by atoms with Gasteiger partial charge < -0.3 is 10.8 Å². The van der Waals surface area contributed by atoms with Crippen molar-refractivity contribution in [1.29, 1.82) is 0 Å². The minimum atomic E-state index is 0.694. The molecule has 0 fully saturated rings. The Hall–Kier alpha value is -1.34. The lowest BCUT2D eigenvalue weighted by Gasteiger charge is -2.01. The van der Waals surface area contributed by atoms with Crippen LogP contribution in [0.25, 0.3) is 5.53 Å². The van der Waals surface area contributed by atoms with E-state index in [0.29, 0.717) is 12.1 Å². The maximum atomic E-state index is 8.34. The zero-order valence-corrected chi connectivity index (χ0v) is 5.83. The number of nitrogens with zero attached hydrogens (tertiary/aromatic N) is 2. The molecule has 1 rings (SSSR count). The summed E-state index contributed by atoms with van der Waals surface area (Å²) >= 11 is 0. The average Bonchev–Trinajstić information content (AvgIpc) is 2.05. The minimum Gasteiger partial charge on any atom is -0.388 e. The Labute approximate surface area is 59.7 Å². The summed E-state index contributed by atoms with van der Waals surface area (Å²) in [6.45, 7) is 0. The Bertz CT molecular complexity index is 228. The van der Waals surface area contributed by atoms with E-state index in [4.69, 9.17) is 5.53 Å². The molecule has 0 radical (unpaired) electrons. The van der Waals surface area contributed by atoms with Crippen molar-refractivity contribution in [3.63, 3.8) is 0 Å². The van der Waals surface area contributed by atoms with Crippen molar-refractivity contribution >= 4 is 5.71 Å². The van der Waals surface area contributed by atoms with Crippen LogP contribution in [-0.2, 0) is 0 Å². The van der Waals surface area contributed by atoms with Crippen LogP contribution in [0.3, 0.4) is 0 Å². The summed E-state index contributed by atoms with van der Waals surface area (Å²) in [4.78, 5) is 3.07. The summed E-state index contributed by atoms with van der Waals surface area (Å²) in [7, 11) is 1.86. The first-order chi connectivity index (χ1) is 4.86. The lowest BCUT2D eigenvalue weighted by Crippen LogP contribution is -2.08. The Morgan fingerprint density at radius 1 is 1.60 bits per heavy atom. The molecule has 3 nitrogen and oxygen atoms in total. The van der Waals surface area contributed by atoms with E-state index in [2.05, 4.69) is 10.1 Å². The summed E-state index contributed by atoms with van der Waals surface area (Å²) in [5.74, 6) is 0. The summed E-state index contributed by atoms with van der Waals surface area (Å²) < 4.78 is 0. The van der Waals surface area contributed by atoms with Gasteiger partial charge in [0.25, 0.3) is 5.71 Å². The van der Waals surface area contributed by atoms with Crippen LogP contribution in [0.4, 0.5) is 0 Å². The summed E-state index contributed by atoms with van der Waals surface area (Å²) in [5.41, 5.74) is 10.1. The molecule has 0 saturated carbocycles. The normalized spacial score (nSPS) is 16.1. The number of nitrogens with one attached hydrogen (secondary N) is 1. The molecular weight excluding hydrogens is 126 g/mol. The third-order valence-corrected chi connectivity index (χ3v) is 1.40. The van der Waals surface area contributed by atoms with E-state index >= 15 is 0 Å². The van der Waals surface area contributed by atoms with Crippen molar-refractivity contribution in [2.75, 3.05) is 7.05 Å². The summed E-state index contributed by atoms with van der Waals surface area (Å²) in [5, 5.41) is 2.99. The lowest BCUT2D eigenvalue weighted by molar-refractivity contribution is -0.00541. The molecule has 0 aliphatic heterocycles. The van der Waals surface area contributed by atoms with Crippen LogP contribution in [0.15, 0.2) is 23.9 Å². The Kier molecular flexibility index (Phi) is 2.03. The van der Waals surface area contributed by atoms with E-state index in [1.807, 2.05) is 19.2 Å². The molecule has 3 heteroatoms. The van der Waals surface area contributed by atoms with Gasteiger partial charge in [-0.05, 0) is 12.2 Å². The molecule has 0 aromatic heterocycles. The standard InChI is InChI=1S/C7H9N3/c1-9-6-2-4-7(10-8)5-3-6/h2-4,9H,5H2,1H3. The Morgan fingerprint density at radius 2 is 2.40 bits per heavy atom. The maximum Gasteiger partial charge on any atom is 0.295 e. The number of hydrogen-bond acceptors (Lipinski definition) is 1. The molecule has 0 atom stereocenters. The van der Waals surface area contributed by atoms with E-state index in [1.54, 1.807) is 6.08 Å². The van der Waals surface area contributed by atoms with Gasteiger partial charge in [-0.3, -0.25) is 0 Å². The molecule has 0 bridgehead atoms. The first-order valence-electron chi connectivity index (χ1n) is 3.13. The van der Waals surface area contributed by atoms with Gasteiger partial charge in [-0.1, -0.05) is 0 Å². The summed E-state index contributed by atoms with van der Waals surface area (Å²) in [6.07, 6.45) is 6.32. The zero-order chi connectivity index (χ0) is 7.40. The summed E-state index contributed by atoms with van der Waals surface area (Å²) in [6, 6.07) is 0. The second-order valence-corrected chi connectivity index (χ2v) is 2.04. The fourth-order valence-electron chi connectivity index (χ4n) is 0.796. The van der Waals surface area contributed by atoms with Crippen molar-refractivity contribution in [1.82, 2.24) is 5.32 Å². The smallest absolute Gasteiger partial charge is 0.295 e.